The lowest BCUT2D eigenvalue weighted by atomic mass is 9.84. The van der Waals surface area contributed by atoms with Gasteiger partial charge in [-0.15, -0.1) is 0 Å². The van der Waals surface area contributed by atoms with Crippen molar-refractivity contribution in [1.82, 2.24) is 0 Å². The van der Waals surface area contributed by atoms with Gasteiger partial charge >= 0.3 is 0 Å². The van der Waals surface area contributed by atoms with Crippen LogP contribution in [-0.2, 0) is 6.42 Å². The van der Waals surface area contributed by atoms with Crippen LogP contribution in [0.1, 0.15) is 19.4 Å². The smallest absolute Gasteiger partial charge is 0.0832 e. The predicted octanol–water partition coefficient (Wildman–Crippen LogP) is 1.57. The summed E-state index contributed by atoms with van der Waals surface area (Å²) in [4.78, 5) is 0. The van der Waals surface area contributed by atoms with Gasteiger partial charge in [0, 0.05) is 13.0 Å². The number of benzene rings is 1. The van der Waals surface area contributed by atoms with Gasteiger partial charge in [-0.05, 0) is 11.5 Å². The third kappa shape index (κ3) is 2.56. The molecular weight excluding hydrogens is 174 g/mol. The number of rotatable bonds is 4. The lowest BCUT2D eigenvalue weighted by Crippen LogP contribution is -2.44. The summed E-state index contributed by atoms with van der Waals surface area (Å²) in [5.41, 5.74) is 5.96. The molecule has 0 aliphatic heterocycles. The summed E-state index contributed by atoms with van der Waals surface area (Å²) in [6, 6.07) is 9.96. The van der Waals surface area contributed by atoms with Crippen LogP contribution in [0.4, 0.5) is 0 Å². The zero-order chi connectivity index (χ0) is 10.6. The zero-order valence-corrected chi connectivity index (χ0v) is 8.90. The molecule has 2 nitrogen and oxygen atoms in total. The Balaban J connectivity index is 2.76. The van der Waals surface area contributed by atoms with Gasteiger partial charge in [-0.25, -0.2) is 0 Å². The van der Waals surface area contributed by atoms with Gasteiger partial charge in [0.15, 0.2) is 0 Å². The van der Waals surface area contributed by atoms with E-state index in [-0.39, 0.29) is 5.92 Å². The van der Waals surface area contributed by atoms with Crippen LogP contribution in [0, 0.1) is 5.92 Å². The van der Waals surface area contributed by atoms with E-state index in [1.54, 1.807) is 0 Å². The van der Waals surface area contributed by atoms with E-state index in [4.69, 9.17) is 5.73 Å². The van der Waals surface area contributed by atoms with Crippen molar-refractivity contribution in [3.63, 3.8) is 0 Å². The van der Waals surface area contributed by atoms with Crippen LogP contribution in [0.2, 0.25) is 0 Å². The first-order valence-corrected chi connectivity index (χ1v) is 5.05. The Morgan fingerprint density at radius 1 is 1.29 bits per heavy atom. The van der Waals surface area contributed by atoms with Gasteiger partial charge in [0.05, 0.1) is 5.60 Å². The normalized spacial score (nSPS) is 15.5. The molecule has 0 aliphatic carbocycles. The Morgan fingerprint density at radius 3 is 2.29 bits per heavy atom. The molecule has 78 valence electrons. The van der Waals surface area contributed by atoms with Gasteiger partial charge in [0.25, 0.3) is 0 Å². The fourth-order valence-electron chi connectivity index (χ4n) is 1.46. The molecule has 0 aromatic heterocycles. The number of hydrogen-bond donors (Lipinski definition) is 2. The highest BCUT2D eigenvalue weighted by Crippen LogP contribution is 2.20. The van der Waals surface area contributed by atoms with E-state index in [1.807, 2.05) is 44.2 Å². The highest BCUT2D eigenvalue weighted by atomic mass is 16.3. The molecule has 1 aromatic carbocycles. The fraction of sp³-hybridized carbons (Fsp3) is 0.500. The predicted molar refractivity (Wildman–Crippen MR) is 59.0 cm³/mol. The van der Waals surface area contributed by atoms with Crippen LogP contribution in [0.5, 0.6) is 0 Å². The molecule has 1 atom stereocenters. The lowest BCUT2D eigenvalue weighted by molar-refractivity contribution is 0.00408. The molecule has 0 fully saturated rings. The summed E-state index contributed by atoms with van der Waals surface area (Å²) in [6.07, 6.45) is 0.627. The van der Waals surface area contributed by atoms with Crippen molar-refractivity contribution in [2.75, 3.05) is 6.54 Å². The van der Waals surface area contributed by atoms with E-state index in [0.29, 0.717) is 13.0 Å². The second kappa shape index (κ2) is 4.58. The Hall–Kier alpha value is -0.860. The third-order valence-corrected chi connectivity index (χ3v) is 2.78. The van der Waals surface area contributed by atoms with Crippen LogP contribution in [-0.4, -0.2) is 17.3 Å². The van der Waals surface area contributed by atoms with Crippen LogP contribution >= 0.6 is 0 Å². The molecule has 0 spiro atoms. The quantitative estimate of drug-likeness (QED) is 0.762. The largest absolute Gasteiger partial charge is 0.388 e. The summed E-state index contributed by atoms with van der Waals surface area (Å²) >= 11 is 0. The minimum absolute atomic E-state index is 0.174. The minimum Gasteiger partial charge on any atom is -0.388 e. The molecule has 0 bridgehead atoms. The maximum atomic E-state index is 10.2. The Bertz CT molecular complexity index is 271. The Morgan fingerprint density at radius 2 is 1.86 bits per heavy atom. The summed E-state index contributed by atoms with van der Waals surface area (Å²) in [5, 5.41) is 10.2. The molecular formula is C12H19NO. The molecule has 0 amide bonds. The molecule has 0 heterocycles. The van der Waals surface area contributed by atoms with Crippen LogP contribution in [0.25, 0.3) is 0 Å². The van der Waals surface area contributed by atoms with E-state index >= 15 is 0 Å². The molecule has 0 saturated carbocycles. The van der Waals surface area contributed by atoms with Crippen LogP contribution in [0.15, 0.2) is 30.3 Å². The zero-order valence-electron chi connectivity index (χ0n) is 8.90. The van der Waals surface area contributed by atoms with Crippen molar-refractivity contribution in [1.29, 1.82) is 0 Å². The van der Waals surface area contributed by atoms with Crippen molar-refractivity contribution in [3.8, 4) is 0 Å². The second-order valence-electron chi connectivity index (χ2n) is 4.12. The van der Waals surface area contributed by atoms with Crippen molar-refractivity contribution in [2.24, 2.45) is 11.7 Å². The SMILES string of the molecule is CC(C)C(O)(CN)Cc1ccccc1. The number of aliphatic hydroxyl groups is 1. The van der Waals surface area contributed by atoms with E-state index < -0.39 is 5.60 Å². The second-order valence-corrected chi connectivity index (χ2v) is 4.12. The monoisotopic (exact) mass is 193 g/mol. The van der Waals surface area contributed by atoms with Gasteiger partial charge in [-0.1, -0.05) is 44.2 Å². The molecule has 1 unspecified atom stereocenters. The number of nitrogens with two attached hydrogens (primary N) is 1. The number of hydrogen-bond acceptors (Lipinski definition) is 2. The van der Waals surface area contributed by atoms with Crippen molar-refractivity contribution >= 4 is 0 Å². The molecule has 1 rings (SSSR count). The summed E-state index contributed by atoms with van der Waals surface area (Å²) in [5.74, 6) is 0.174. The average Bonchev–Trinajstić information content (AvgIpc) is 2.19. The summed E-state index contributed by atoms with van der Waals surface area (Å²) in [7, 11) is 0. The average molecular weight is 193 g/mol. The highest BCUT2D eigenvalue weighted by molar-refractivity contribution is 5.17. The molecule has 2 heteroatoms. The lowest BCUT2D eigenvalue weighted by Gasteiger charge is -2.30. The van der Waals surface area contributed by atoms with Crippen molar-refractivity contribution < 1.29 is 5.11 Å². The Labute approximate surface area is 85.8 Å². The molecule has 3 N–H and O–H groups in total. The van der Waals surface area contributed by atoms with E-state index in [1.165, 1.54) is 0 Å². The third-order valence-electron chi connectivity index (χ3n) is 2.78. The van der Waals surface area contributed by atoms with Gasteiger partial charge < -0.3 is 10.8 Å². The molecule has 0 aliphatic rings. The first kappa shape index (κ1) is 11.2. The van der Waals surface area contributed by atoms with Crippen LogP contribution in [0.3, 0.4) is 0 Å². The maximum Gasteiger partial charge on any atom is 0.0832 e. The van der Waals surface area contributed by atoms with Gasteiger partial charge in [0.2, 0.25) is 0 Å². The topological polar surface area (TPSA) is 46.2 Å². The molecule has 1 aromatic rings. The summed E-state index contributed by atoms with van der Waals surface area (Å²) in [6.45, 7) is 4.30. The Kier molecular flexibility index (Phi) is 3.67. The highest BCUT2D eigenvalue weighted by Gasteiger charge is 2.29. The first-order valence-electron chi connectivity index (χ1n) is 5.05. The van der Waals surface area contributed by atoms with Crippen molar-refractivity contribution in [3.05, 3.63) is 35.9 Å². The molecule has 0 radical (unpaired) electrons. The molecule has 14 heavy (non-hydrogen) atoms. The standard InChI is InChI=1S/C12H19NO/c1-10(2)12(14,9-13)8-11-6-4-3-5-7-11/h3-7,10,14H,8-9,13H2,1-2H3. The minimum atomic E-state index is -0.776. The fourth-order valence-corrected chi connectivity index (χ4v) is 1.46. The van der Waals surface area contributed by atoms with Crippen LogP contribution < -0.4 is 5.73 Å². The van der Waals surface area contributed by atoms with Gasteiger partial charge in [0.1, 0.15) is 0 Å². The van der Waals surface area contributed by atoms with Gasteiger partial charge in [-0.2, -0.15) is 0 Å². The van der Waals surface area contributed by atoms with Gasteiger partial charge in [-0.3, -0.25) is 0 Å². The first-order chi connectivity index (χ1) is 6.58. The van der Waals surface area contributed by atoms with E-state index in [2.05, 4.69) is 0 Å². The van der Waals surface area contributed by atoms with E-state index in [9.17, 15) is 5.11 Å². The molecule has 0 saturated heterocycles. The van der Waals surface area contributed by atoms with E-state index in [0.717, 1.165) is 5.56 Å². The summed E-state index contributed by atoms with van der Waals surface area (Å²) < 4.78 is 0. The maximum absolute atomic E-state index is 10.2. The van der Waals surface area contributed by atoms with Crippen molar-refractivity contribution in [2.45, 2.75) is 25.9 Å².